The molecule has 2 rings (SSSR count). The number of likely N-dealkylation sites (tertiary alicyclic amines) is 1. The molecular formula is C13H20N2O2. The van der Waals surface area contributed by atoms with Crippen LogP contribution in [0.1, 0.15) is 38.5 Å². The number of aliphatic carboxylic acids is 1. The van der Waals surface area contributed by atoms with Crippen molar-refractivity contribution >= 4 is 5.97 Å². The summed E-state index contributed by atoms with van der Waals surface area (Å²) in [5, 5.41) is 17.5. The van der Waals surface area contributed by atoms with Crippen molar-refractivity contribution < 1.29 is 9.90 Å². The van der Waals surface area contributed by atoms with Crippen molar-refractivity contribution in [1.82, 2.24) is 4.90 Å². The Kier molecular flexibility index (Phi) is 3.68. The molecule has 0 atom stereocenters. The molecule has 17 heavy (non-hydrogen) atoms. The van der Waals surface area contributed by atoms with Gasteiger partial charge in [-0.05, 0) is 50.1 Å². The Hall–Kier alpha value is -1.08. The first kappa shape index (κ1) is 12.4. The number of nitriles is 1. The Morgan fingerprint density at radius 2 is 2.06 bits per heavy atom. The minimum atomic E-state index is -0.674. The maximum absolute atomic E-state index is 10.6. The number of piperidine rings is 1. The molecule has 1 saturated carbocycles. The normalized spacial score (nSPS) is 24.2. The van der Waals surface area contributed by atoms with E-state index in [0.29, 0.717) is 18.8 Å². The minimum Gasteiger partial charge on any atom is -0.481 e. The lowest BCUT2D eigenvalue weighted by atomic mass is 9.92. The predicted molar refractivity (Wildman–Crippen MR) is 63.3 cm³/mol. The summed E-state index contributed by atoms with van der Waals surface area (Å²) in [6, 6.07) is 2.29. The fraction of sp³-hybridized carbons (Fsp3) is 0.846. The molecule has 0 aromatic heterocycles. The van der Waals surface area contributed by atoms with Gasteiger partial charge in [-0.3, -0.25) is 4.79 Å². The molecule has 4 nitrogen and oxygen atoms in total. The zero-order chi connectivity index (χ0) is 12.3. The standard InChI is InChI=1S/C13H20N2O2/c14-6-5-13(3-4-13)10-15-7-1-11(2-8-15)9-12(16)17/h11H,1-5,7-10H2,(H,16,17). The molecule has 0 aromatic rings. The van der Waals surface area contributed by atoms with Crippen LogP contribution in [-0.2, 0) is 4.79 Å². The Morgan fingerprint density at radius 3 is 2.53 bits per heavy atom. The van der Waals surface area contributed by atoms with Crippen LogP contribution in [0.5, 0.6) is 0 Å². The Bertz CT molecular complexity index is 323. The second-order valence-corrected chi connectivity index (χ2v) is 5.65. The molecule has 0 aromatic carbocycles. The first-order chi connectivity index (χ1) is 8.13. The average molecular weight is 236 g/mol. The van der Waals surface area contributed by atoms with Crippen LogP contribution in [0.3, 0.4) is 0 Å². The average Bonchev–Trinajstić information content (AvgIpc) is 3.01. The number of hydrogen-bond acceptors (Lipinski definition) is 3. The van der Waals surface area contributed by atoms with Crippen molar-refractivity contribution in [2.45, 2.75) is 38.5 Å². The molecular weight excluding hydrogens is 216 g/mol. The van der Waals surface area contributed by atoms with Gasteiger partial charge in [0.05, 0.1) is 6.07 Å². The summed E-state index contributed by atoms with van der Waals surface area (Å²) in [5.74, 6) is -0.318. The van der Waals surface area contributed by atoms with Gasteiger partial charge in [-0.25, -0.2) is 0 Å². The van der Waals surface area contributed by atoms with E-state index < -0.39 is 5.97 Å². The number of nitrogens with zero attached hydrogens (tertiary/aromatic N) is 2. The Morgan fingerprint density at radius 1 is 1.41 bits per heavy atom. The molecule has 94 valence electrons. The van der Waals surface area contributed by atoms with Gasteiger partial charge in [0, 0.05) is 19.4 Å². The highest BCUT2D eigenvalue weighted by molar-refractivity contribution is 5.67. The van der Waals surface area contributed by atoms with E-state index in [0.717, 1.165) is 32.5 Å². The van der Waals surface area contributed by atoms with E-state index >= 15 is 0 Å². The summed E-state index contributed by atoms with van der Waals surface area (Å²) in [7, 11) is 0. The van der Waals surface area contributed by atoms with Crippen LogP contribution in [0.4, 0.5) is 0 Å². The SMILES string of the molecule is N#CCC1(CN2CCC(CC(=O)O)CC2)CC1. The third-order valence-corrected chi connectivity index (χ3v) is 4.14. The van der Waals surface area contributed by atoms with Gasteiger partial charge >= 0.3 is 5.97 Å². The van der Waals surface area contributed by atoms with Crippen LogP contribution in [0.25, 0.3) is 0 Å². The molecule has 1 heterocycles. The van der Waals surface area contributed by atoms with Crippen LogP contribution in [0, 0.1) is 22.7 Å². The van der Waals surface area contributed by atoms with Gasteiger partial charge in [0.25, 0.3) is 0 Å². The highest BCUT2D eigenvalue weighted by atomic mass is 16.4. The summed E-state index contributed by atoms with van der Waals surface area (Å²) in [6.07, 6.45) is 5.37. The number of rotatable bonds is 5. The molecule has 0 unspecified atom stereocenters. The molecule has 1 aliphatic carbocycles. The Balaban J connectivity index is 1.73. The van der Waals surface area contributed by atoms with Gasteiger partial charge in [0.15, 0.2) is 0 Å². The van der Waals surface area contributed by atoms with E-state index in [-0.39, 0.29) is 5.41 Å². The maximum Gasteiger partial charge on any atom is 0.303 e. The molecule has 1 N–H and O–H groups in total. The molecule has 0 radical (unpaired) electrons. The highest BCUT2D eigenvalue weighted by Crippen LogP contribution is 2.49. The van der Waals surface area contributed by atoms with E-state index in [1.807, 2.05) is 0 Å². The zero-order valence-electron chi connectivity index (χ0n) is 10.2. The van der Waals surface area contributed by atoms with E-state index in [2.05, 4.69) is 11.0 Å². The third-order valence-electron chi connectivity index (χ3n) is 4.14. The topological polar surface area (TPSA) is 64.3 Å². The fourth-order valence-electron chi connectivity index (χ4n) is 2.81. The molecule has 0 amide bonds. The first-order valence-corrected chi connectivity index (χ1v) is 6.45. The van der Waals surface area contributed by atoms with E-state index in [1.54, 1.807) is 0 Å². The molecule has 1 saturated heterocycles. The van der Waals surface area contributed by atoms with Crippen LogP contribution >= 0.6 is 0 Å². The van der Waals surface area contributed by atoms with E-state index in [4.69, 9.17) is 10.4 Å². The minimum absolute atomic E-state index is 0.286. The summed E-state index contributed by atoms with van der Waals surface area (Å²) in [4.78, 5) is 13.0. The number of carboxylic acids is 1. The van der Waals surface area contributed by atoms with Crippen LogP contribution in [-0.4, -0.2) is 35.6 Å². The highest BCUT2D eigenvalue weighted by Gasteiger charge is 2.43. The molecule has 1 aliphatic heterocycles. The third kappa shape index (κ3) is 3.44. The Labute approximate surface area is 102 Å². The molecule has 0 spiro atoms. The molecule has 2 fully saturated rings. The zero-order valence-corrected chi connectivity index (χ0v) is 10.2. The van der Waals surface area contributed by atoms with E-state index in [1.165, 1.54) is 12.8 Å². The summed E-state index contributed by atoms with van der Waals surface area (Å²) >= 11 is 0. The maximum atomic E-state index is 10.6. The summed E-state index contributed by atoms with van der Waals surface area (Å²) in [6.45, 7) is 3.05. The van der Waals surface area contributed by atoms with Gasteiger partial charge in [-0.2, -0.15) is 5.26 Å². The second kappa shape index (κ2) is 5.05. The first-order valence-electron chi connectivity index (χ1n) is 6.45. The lowest BCUT2D eigenvalue weighted by Gasteiger charge is -2.33. The summed E-state index contributed by atoms with van der Waals surface area (Å²) < 4.78 is 0. The van der Waals surface area contributed by atoms with Crippen LogP contribution in [0.2, 0.25) is 0 Å². The van der Waals surface area contributed by atoms with Crippen LogP contribution in [0.15, 0.2) is 0 Å². The van der Waals surface area contributed by atoms with Crippen molar-refractivity contribution in [3.8, 4) is 6.07 Å². The van der Waals surface area contributed by atoms with Crippen molar-refractivity contribution in [2.24, 2.45) is 11.3 Å². The lowest BCUT2D eigenvalue weighted by Crippen LogP contribution is -2.38. The van der Waals surface area contributed by atoms with Crippen molar-refractivity contribution in [1.29, 1.82) is 5.26 Å². The number of hydrogen-bond donors (Lipinski definition) is 1. The van der Waals surface area contributed by atoms with Crippen molar-refractivity contribution in [2.75, 3.05) is 19.6 Å². The fourth-order valence-corrected chi connectivity index (χ4v) is 2.81. The second-order valence-electron chi connectivity index (χ2n) is 5.65. The largest absolute Gasteiger partial charge is 0.481 e. The quantitative estimate of drug-likeness (QED) is 0.791. The van der Waals surface area contributed by atoms with Gasteiger partial charge in [0.1, 0.15) is 0 Å². The lowest BCUT2D eigenvalue weighted by molar-refractivity contribution is -0.138. The van der Waals surface area contributed by atoms with Gasteiger partial charge < -0.3 is 10.0 Å². The van der Waals surface area contributed by atoms with Gasteiger partial charge in [0.2, 0.25) is 0 Å². The predicted octanol–water partition coefficient (Wildman–Crippen LogP) is 1.87. The monoisotopic (exact) mass is 236 g/mol. The molecule has 4 heteroatoms. The molecule has 0 bridgehead atoms. The van der Waals surface area contributed by atoms with Crippen molar-refractivity contribution in [3.05, 3.63) is 0 Å². The molecule has 2 aliphatic rings. The smallest absolute Gasteiger partial charge is 0.303 e. The summed E-state index contributed by atoms with van der Waals surface area (Å²) in [5.41, 5.74) is 0.286. The van der Waals surface area contributed by atoms with Gasteiger partial charge in [-0.15, -0.1) is 0 Å². The number of carboxylic acid groups (broad SMARTS) is 1. The van der Waals surface area contributed by atoms with Crippen LogP contribution < -0.4 is 0 Å². The van der Waals surface area contributed by atoms with Crippen molar-refractivity contribution in [3.63, 3.8) is 0 Å². The number of carbonyl (C=O) groups is 1. The van der Waals surface area contributed by atoms with Gasteiger partial charge in [-0.1, -0.05) is 0 Å². The van der Waals surface area contributed by atoms with E-state index in [9.17, 15) is 4.79 Å².